The van der Waals surface area contributed by atoms with Crippen LogP contribution in [0.5, 0.6) is 0 Å². The second-order valence-electron chi connectivity index (χ2n) is 11.3. The summed E-state index contributed by atoms with van der Waals surface area (Å²) in [7, 11) is 0. The molecule has 0 saturated heterocycles. The van der Waals surface area contributed by atoms with Crippen LogP contribution in [0.4, 0.5) is 0 Å². The van der Waals surface area contributed by atoms with Crippen LogP contribution in [0.1, 0.15) is 187 Å². The van der Waals surface area contributed by atoms with Crippen molar-refractivity contribution in [3.63, 3.8) is 0 Å². The van der Waals surface area contributed by atoms with E-state index < -0.39 is 12.1 Å². The van der Waals surface area contributed by atoms with Crippen molar-refractivity contribution in [2.45, 2.75) is 193 Å². The number of ether oxygens (including phenoxy) is 1. The maximum Gasteiger partial charge on any atom is 0.345 e. The number of unbranched alkanes of at least 4 members (excludes halogenated alkanes) is 22. The summed E-state index contributed by atoms with van der Waals surface area (Å²) < 4.78 is 5.28. The van der Waals surface area contributed by atoms with Gasteiger partial charge in [0.2, 0.25) is 0 Å². The third-order valence-corrected chi connectivity index (χ3v) is 7.51. The van der Waals surface area contributed by atoms with Crippen LogP contribution in [0.2, 0.25) is 0 Å². The first-order chi connectivity index (χ1) is 18.6. The highest BCUT2D eigenvalue weighted by Gasteiger charge is 2.21. The van der Waals surface area contributed by atoms with E-state index in [-0.39, 0.29) is 5.97 Å². The lowest BCUT2D eigenvalue weighted by molar-refractivity contribution is -0.164. The van der Waals surface area contributed by atoms with Gasteiger partial charge in [0.1, 0.15) is 0 Å². The third-order valence-electron chi connectivity index (χ3n) is 7.51. The molecule has 1 atom stereocenters. The SMILES string of the molecule is CCCC/C=C\CCCCCCCC(=O)OC(CCCCCCCCCCCCCCCCCC)C(=O)O. The fourth-order valence-corrected chi connectivity index (χ4v) is 4.95. The van der Waals surface area contributed by atoms with Crippen LogP contribution in [0.25, 0.3) is 0 Å². The minimum absolute atomic E-state index is 0.333. The average Bonchev–Trinajstić information content (AvgIpc) is 2.90. The van der Waals surface area contributed by atoms with Crippen molar-refractivity contribution in [1.82, 2.24) is 0 Å². The lowest BCUT2D eigenvalue weighted by atomic mass is 10.0. The molecule has 224 valence electrons. The quantitative estimate of drug-likeness (QED) is 0.0563. The summed E-state index contributed by atoms with van der Waals surface area (Å²) in [6, 6.07) is 0. The molecular formula is C34H64O4. The van der Waals surface area contributed by atoms with E-state index in [0.717, 1.165) is 44.9 Å². The molecule has 0 aromatic rings. The molecule has 4 heteroatoms. The fourth-order valence-electron chi connectivity index (χ4n) is 4.95. The molecule has 0 radical (unpaired) electrons. The van der Waals surface area contributed by atoms with Crippen LogP contribution in [-0.2, 0) is 14.3 Å². The predicted octanol–water partition coefficient (Wildman–Crippen LogP) is 11.1. The van der Waals surface area contributed by atoms with Crippen molar-refractivity contribution in [3.05, 3.63) is 12.2 Å². The van der Waals surface area contributed by atoms with Crippen molar-refractivity contribution in [2.75, 3.05) is 0 Å². The molecule has 0 saturated carbocycles. The third kappa shape index (κ3) is 27.7. The van der Waals surface area contributed by atoms with Gasteiger partial charge in [0.05, 0.1) is 0 Å². The number of carboxylic acid groups (broad SMARTS) is 1. The van der Waals surface area contributed by atoms with Crippen molar-refractivity contribution in [2.24, 2.45) is 0 Å². The Kier molecular flexibility index (Phi) is 29.2. The molecule has 0 amide bonds. The molecule has 38 heavy (non-hydrogen) atoms. The van der Waals surface area contributed by atoms with Crippen molar-refractivity contribution < 1.29 is 19.4 Å². The van der Waals surface area contributed by atoms with Gasteiger partial charge in [0.15, 0.2) is 6.10 Å². The second kappa shape index (κ2) is 30.2. The average molecular weight is 537 g/mol. The maximum atomic E-state index is 12.1. The first kappa shape index (κ1) is 36.7. The summed E-state index contributed by atoms with van der Waals surface area (Å²) in [5.74, 6) is -1.36. The largest absolute Gasteiger partial charge is 0.479 e. The van der Waals surface area contributed by atoms with Gasteiger partial charge in [-0.1, -0.05) is 154 Å². The van der Waals surface area contributed by atoms with E-state index in [4.69, 9.17) is 4.74 Å². The maximum absolute atomic E-state index is 12.1. The molecule has 0 heterocycles. The van der Waals surface area contributed by atoms with E-state index in [9.17, 15) is 14.7 Å². The summed E-state index contributed by atoms with van der Waals surface area (Å²) in [6.07, 6.45) is 35.2. The molecule has 0 spiro atoms. The zero-order valence-electron chi connectivity index (χ0n) is 25.5. The summed E-state index contributed by atoms with van der Waals surface area (Å²) in [6.45, 7) is 4.49. The molecule has 0 aliphatic rings. The van der Waals surface area contributed by atoms with Crippen molar-refractivity contribution in [3.8, 4) is 0 Å². The Labute approximate surface area is 236 Å². The number of rotatable bonds is 30. The Hall–Kier alpha value is -1.32. The number of allylic oxidation sites excluding steroid dienone is 2. The highest BCUT2D eigenvalue weighted by molar-refractivity contribution is 5.77. The van der Waals surface area contributed by atoms with E-state index in [2.05, 4.69) is 26.0 Å². The topological polar surface area (TPSA) is 63.6 Å². The number of carbonyl (C=O) groups is 2. The molecule has 4 nitrogen and oxygen atoms in total. The van der Waals surface area contributed by atoms with E-state index in [1.807, 2.05) is 0 Å². The van der Waals surface area contributed by atoms with Gasteiger partial charge in [0, 0.05) is 6.42 Å². The van der Waals surface area contributed by atoms with Crippen molar-refractivity contribution >= 4 is 11.9 Å². The number of hydrogen-bond donors (Lipinski definition) is 1. The number of carbonyl (C=O) groups excluding carboxylic acids is 1. The Bertz CT molecular complexity index is 543. The molecule has 0 aliphatic heterocycles. The lowest BCUT2D eigenvalue weighted by Gasteiger charge is -2.13. The van der Waals surface area contributed by atoms with Gasteiger partial charge in [-0.05, 0) is 38.5 Å². The smallest absolute Gasteiger partial charge is 0.345 e. The van der Waals surface area contributed by atoms with Crippen LogP contribution in [0.15, 0.2) is 12.2 Å². The highest BCUT2D eigenvalue weighted by Crippen LogP contribution is 2.16. The van der Waals surface area contributed by atoms with Gasteiger partial charge in [-0.3, -0.25) is 4.79 Å². The van der Waals surface area contributed by atoms with E-state index >= 15 is 0 Å². The van der Waals surface area contributed by atoms with Gasteiger partial charge in [-0.25, -0.2) is 4.79 Å². The van der Waals surface area contributed by atoms with E-state index in [1.165, 1.54) is 116 Å². The number of hydrogen-bond acceptors (Lipinski definition) is 3. The number of carboxylic acids is 1. The zero-order chi connectivity index (χ0) is 27.9. The molecule has 0 aromatic carbocycles. The minimum atomic E-state index is -1.01. The first-order valence-electron chi connectivity index (χ1n) is 16.7. The number of esters is 1. The molecule has 1 unspecified atom stereocenters. The monoisotopic (exact) mass is 536 g/mol. The van der Waals surface area contributed by atoms with Gasteiger partial charge < -0.3 is 9.84 Å². The molecule has 1 N–H and O–H groups in total. The van der Waals surface area contributed by atoms with E-state index in [0.29, 0.717) is 12.8 Å². The van der Waals surface area contributed by atoms with E-state index in [1.54, 1.807) is 0 Å². The van der Waals surface area contributed by atoms with Gasteiger partial charge in [-0.2, -0.15) is 0 Å². The van der Waals surface area contributed by atoms with Crippen LogP contribution in [0.3, 0.4) is 0 Å². The molecule has 0 aliphatic carbocycles. The van der Waals surface area contributed by atoms with Crippen LogP contribution < -0.4 is 0 Å². The lowest BCUT2D eigenvalue weighted by Crippen LogP contribution is -2.27. The normalized spacial score (nSPS) is 12.3. The van der Waals surface area contributed by atoms with Gasteiger partial charge in [0.25, 0.3) is 0 Å². The molecular weight excluding hydrogens is 472 g/mol. The summed E-state index contributed by atoms with van der Waals surface area (Å²) >= 11 is 0. The van der Waals surface area contributed by atoms with Gasteiger partial charge in [-0.15, -0.1) is 0 Å². The number of aliphatic carboxylic acids is 1. The van der Waals surface area contributed by atoms with Gasteiger partial charge >= 0.3 is 11.9 Å². The minimum Gasteiger partial charge on any atom is -0.479 e. The molecule has 0 rings (SSSR count). The van der Waals surface area contributed by atoms with Crippen molar-refractivity contribution in [1.29, 1.82) is 0 Å². The fraction of sp³-hybridized carbons (Fsp3) is 0.882. The summed E-state index contributed by atoms with van der Waals surface area (Å²) in [4.78, 5) is 23.6. The zero-order valence-corrected chi connectivity index (χ0v) is 25.5. The Morgan fingerprint density at radius 1 is 0.553 bits per heavy atom. The highest BCUT2D eigenvalue weighted by atomic mass is 16.6. The molecule has 0 aromatic heterocycles. The van der Waals surface area contributed by atoms with Crippen LogP contribution >= 0.6 is 0 Å². The standard InChI is InChI=1S/C34H64O4/c1-3-5-7-9-11-13-15-16-17-18-19-21-22-24-26-28-30-32(34(36)37)38-33(35)31-29-27-25-23-20-14-12-10-8-6-4-2/h10,12,32H,3-9,11,13-31H2,1-2H3,(H,36,37)/b12-10-. The Morgan fingerprint density at radius 2 is 0.947 bits per heavy atom. The first-order valence-corrected chi connectivity index (χ1v) is 16.7. The molecule has 0 fully saturated rings. The predicted molar refractivity (Wildman–Crippen MR) is 163 cm³/mol. The summed E-state index contributed by atoms with van der Waals surface area (Å²) in [5.41, 5.74) is 0. The molecule has 0 bridgehead atoms. The van der Waals surface area contributed by atoms with Crippen LogP contribution in [0, 0.1) is 0 Å². The Balaban J connectivity index is 3.56. The second-order valence-corrected chi connectivity index (χ2v) is 11.3. The summed E-state index contributed by atoms with van der Waals surface area (Å²) in [5, 5.41) is 9.43. The van der Waals surface area contributed by atoms with Crippen LogP contribution in [-0.4, -0.2) is 23.1 Å². The Morgan fingerprint density at radius 3 is 1.42 bits per heavy atom.